The van der Waals surface area contributed by atoms with Crippen LogP contribution in [-0.4, -0.2) is 57.2 Å². The van der Waals surface area contributed by atoms with Crippen molar-refractivity contribution in [1.29, 1.82) is 0 Å². The number of hydrogen-bond donors (Lipinski definition) is 0. The van der Waals surface area contributed by atoms with E-state index in [2.05, 4.69) is 60.4 Å². The summed E-state index contributed by atoms with van der Waals surface area (Å²) in [5.41, 5.74) is 0. The summed E-state index contributed by atoms with van der Waals surface area (Å²) in [5, 5.41) is -0.885. The fourth-order valence-corrected chi connectivity index (χ4v) is 12.4. The molecule has 0 aromatic carbocycles. The molecule has 0 spiro atoms. The van der Waals surface area contributed by atoms with Crippen LogP contribution in [0.15, 0.2) is 0 Å². The van der Waals surface area contributed by atoms with Gasteiger partial charge in [0.25, 0.3) is 0 Å². The molecule has 0 radical (unpaired) electrons. The van der Waals surface area contributed by atoms with Gasteiger partial charge in [0.2, 0.25) is 8.32 Å². The van der Waals surface area contributed by atoms with Crippen molar-refractivity contribution in [2.75, 3.05) is 21.3 Å². The SMILES string of the molecule is CCC(C)(O[Si](C)(C)C)[Si](C)(C)O[C@](C)(CC)[Si](OC)(OC)OC. The van der Waals surface area contributed by atoms with Crippen molar-refractivity contribution < 1.29 is 22.1 Å². The molecule has 5 nitrogen and oxygen atoms in total. The lowest BCUT2D eigenvalue weighted by Crippen LogP contribution is -2.70. The zero-order chi connectivity index (χ0) is 19.4. The molecule has 0 rings (SSSR count). The first kappa shape index (κ1) is 24.5. The first-order valence-electron chi connectivity index (χ1n) is 8.77. The molecular weight excluding hydrogens is 356 g/mol. The summed E-state index contributed by atoms with van der Waals surface area (Å²) < 4.78 is 30.7. The van der Waals surface area contributed by atoms with Gasteiger partial charge in [0.1, 0.15) is 5.22 Å². The summed E-state index contributed by atoms with van der Waals surface area (Å²) in [5.74, 6) is 0. The van der Waals surface area contributed by atoms with Gasteiger partial charge in [-0.3, -0.25) is 0 Å². The van der Waals surface area contributed by atoms with Gasteiger partial charge in [-0.2, -0.15) is 0 Å². The van der Waals surface area contributed by atoms with Crippen LogP contribution in [0.4, 0.5) is 0 Å². The van der Waals surface area contributed by atoms with Gasteiger partial charge in [-0.15, -0.1) is 0 Å². The predicted octanol–water partition coefficient (Wildman–Crippen LogP) is 4.35. The van der Waals surface area contributed by atoms with Gasteiger partial charge in [0, 0.05) is 21.3 Å². The standard InChI is InChI=1S/C16H40O5Si3/c1-13-15(3,20-22(8,9)10)23(11,12)21-16(4,14-2)24(17-5,18-6)19-7/h13-14H2,1-12H3/t15?,16-/m0/s1. The van der Waals surface area contributed by atoms with Crippen LogP contribution in [0, 0.1) is 0 Å². The molecule has 0 N–H and O–H groups in total. The third-order valence-corrected chi connectivity index (χ3v) is 13.9. The van der Waals surface area contributed by atoms with E-state index < -0.39 is 30.7 Å². The third-order valence-electron chi connectivity index (χ3n) is 5.09. The molecule has 0 aliphatic carbocycles. The van der Waals surface area contributed by atoms with Crippen molar-refractivity contribution in [3.05, 3.63) is 0 Å². The Morgan fingerprint density at radius 3 is 1.29 bits per heavy atom. The highest BCUT2D eigenvalue weighted by Gasteiger charge is 2.61. The Labute approximate surface area is 153 Å². The molecule has 0 saturated heterocycles. The highest BCUT2D eigenvalue weighted by atomic mass is 28.4. The van der Waals surface area contributed by atoms with Crippen LogP contribution < -0.4 is 0 Å². The highest BCUT2D eigenvalue weighted by molar-refractivity contribution is 6.78. The molecule has 0 saturated carbocycles. The molecule has 2 atom stereocenters. The summed E-state index contributed by atoms with van der Waals surface area (Å²) in [6.07, 6.45) is 1.66. The number of rotatable bonds is 11. The molecular formula is C16H40O5Si3. The topological polar surface area (TPSA) is 46.2 Å². The lowest BCUT2D eigenvalue weighted by atomic mass is 10.3. The maximum absolute atomic E-state index is 6.84. The second kappa shape index (κ2) is 8.43. The quantitative estimate of drug-likeness (QED) is 0.486. The van der Waals surface area contributed by atoms with Gasteiger partial charge >= 0.3 is 8.80 Å². The average Bonchev–Trinajstić information content (AvgIpc) is 2.47. The highest BCUT2D eigenvalue weighted by Crippen LogP contribution is 2.39. The summed E-state index contributed by atoms with van der Waals surface area (Å²) >= 11 is 0. The van der Waals surface area contributed by atoms with Crippen molar-refractivity contribution in [3.63, 3.8) is 0 Å². The predicted molar refractivity (Wildman–Crippen MR) is 107 cm³/mol. The maximum Gasteiger partial charge on any atom is 0.532 e. The molecule has 24 heavy (non-hydrogen) atoms. The Bertz CT molecular complexity index is 387. The van der Waals surface area contributed by atoms with Crippen LogP contribution in [0.1, 0.15) is 40.5 Å². The molecule has 0 aliphatic heterocycles. The fraction of sp³-hybridized carbons (Fsp3) is 1.00. The summed E-state index contributed by atoms with van der Waals surface area (Å²) in [7, 11) is -2.02. The lowest BCUT2D eigenvalue weighted by Gasteiger charge is -2.51. The van der Waals surface area contributed by atoms with E-state index in [0.29, 0.717) is 0 Å². The molecule has 0 amide bonds. The fourth-order valence-electron chi connectivity index (χ4n) is 3.22. The first-order valence-corrected chi connectivity index (χ1v) is 16.8. The van der Waals surface area contributed by atoms with E-state index in [1.54, 1.807) is 21.3 Å². The molecule has 0 aliphatic rings. The van der Waals surface area contributed by atoms with E-state index in [1.165, 1.54) is 0 Å². The van der Waals surface area contributed by atoms with Gasteiger partial charge < -0.3 is 22.1 Å². The van der Waals surface area contributed by atoms with E-state index in [0.717, 1.165) is 12.8 Å². The average molecular weight is 397 g/mol. The minimum Gasteiger partial charge on any atom is -0.412 e. The van der Waals surface area contributed by atoms with Crippen molar-refractivity contribution >= 4 is 25.4 Å². The van der Waals surface area contributed by atoms with E-state index in [9.17, 15) is 0 Å². The van der Waals surface area contributed by atoms with Crippen molar-refractivity contribution in [1.82, 2.24) is 0 Å². The third kappa shape index (κ3) is 5.00. The summed E-state index contributed by atoms with van der Waals surface area (Å²) in [6.45, 7) is 19.6. The smallest absolute Gasteiger partial charge is 0.412 e. The Kier molecular flexibility index (Phi) is 8.59. The van der Waals surface area contributed by atoms with Gasteiger partial charge in [0.15, 0.2) is 8.32 Å². The van der Waals surface area contributed by atoms with Crippen LogP contribution in [0.5, 0.6) is 0 Å². The molecule has 146 valence electrons. The molecule has 0 aromatic rings. The van der Waals surface area contributed by atoms with Gasteiger partial charge in [0.05, 0.1) is 5.22 Å². The second-order valence-electron chi connectivity index (χ2n) is 8.16. The molecule has 0 bridgehead atoms. The van der Waals surface area contributed by atoms with Crippen LogP contribution >= 0.6 is 0 Å². The lowest BCUT2D eigenvalue weighted by molar-refractivity contribution is -0.000392. The maximum atomic E-state index is 6.84. The molecule has 0 fully saturated rings. The van der Waals surface area contributed by atoms with E-state index >= 15 is 0 Å². The van der Waals surface area contributed by atoms with Crippen LogP contribution in [0.2, 0.25) is 32.7 Å². The minimum absolute atomic E-state index is 0.275. The Morgan fingerprint density at radius 2 is 1.04 bits per heavy atom. The molecule has 8 heteroatoms. The van der Waals surface area contributed by atoms with E-state index in [1.807, 2.05) is 0 Å². The summed E-state index contributed by atoms with van der Waals surface area (Å²) in [6, 6.07) is 0. The first-order chi connectivity index (χ1) is 10.7. The zero-order valence-electron chi connectivity index (χ0n) is 18.0. The van der Waals surface area contributed by atoms with Gasteiger partial charge in [-0.25, -0.2) is 0 Å². The largest absolute Gasteiger partial charge is 0.532 e. The van der Waals surface area contributed by atoms with Crippen LogP contribution in [0.25, 0.3) is 0 Å². The Hall–Kier alpha value is 0.451. The summed E-state index contributed by atoms with van der Waals surface area (Å²) in [4.78, 5) is 0. The Morgan fingerprint density at radius 1 is 0.667 bits per heavy atom. The van der Waals surface area contributed by atoms with Crippen molar-refractivity contribution in [2.45, 2.75) is 83.7 Å². The molecule has 0 aromatic heterocycles. The monoisotopic (exact) mass is 396 g/mol. The minimum atomic E-state index is -2.96. The molecule has 0 heterocycles. The zero-order valence-corrected chi connectivity index (χ0v) is 21.0. The van der Waals surface area contributed by atoms with E-state index in [-0.39, 0.29) is 5.22 Å². The normalized spacial score (nSPS) is 19.0. The van der Waals surface area contributed by atoms with Crippen LogP contribution in [0.3, 0.4) is 0 Å². The van der Waals surface area contributed by atoms with Crippen molar-refractivity contribution in [3.8, 4) is 0 Å². The van der Waals surface area contributed by atoms with Gasteiger partial charge in [-0.1, -0.05) is 13.8 Å². The van der Waals surface area contributed by atoms with Gasteiger partial charge in [-0.05, 0) is 59.4 Å². The Balaban J connectivity index is 5.85. The van der Waals surface area contributed by atoms with Crippen molar-refractivity contribution in [2.24, 2.45) is 0 Å². The molecule has 1 unspecified atom stereocenters. The van der Waals surface area contributed by atoms with Crippen LogP contribution in [-0.2, 0) is 22.1 Å². The van der Waals surface area contributed by atoms with E-state index in [4.69, 9.17) is 22.1 Å². The second-order valence-corrected chi connectivity index (χ2v) is 20.3. The number of hydrogen-bond acceptors (Lipinski definition) is 5.